The largest absolute Gasteiger partial charge is 0.325 e. The number of unbranched alkanes of at least 4 members (excludes halogenated alkanes) is 2. The van der Waals surface area contributed by atoms with Crippen molar-refractivity contribution in [2.24, 2.45) is 35.5 Å². The summed E-state index contributed by atoms with van der Waals surface area (Å²) in [5.74, 6) is 1.52. The zero-order chi connectivity index (χ0) is 21.0. The molecule has 5 aliphatic rings. The number of hydrogen-bond donors (Lipinski definition) is 1. The number of imide groups is 1. The van der Waals surface area contributed by atoms with Crippen LogP contribution >= 0.6 is 23.2 Å². The number of rotatable bonds is 7. The third kappa shape index (κ3) is 3.36. The first-order valence-electron chi connectivity index (χ1n) is 10.7. The molecule has 1 aromatic carbocycles. The first-order valence-corrected chi connectivity index (χ1v) is 11.5. The summed E-state index contributed by atoms with van der Waals surface area (Å²) in [7, 11) is 0. The second kappa shape index (κ2) is 7.69. The van der Waals surface area contributed by atoms with E-state index in [9.17, 15) is 14.4 Å². The molecular weight excluding hydrogens is 423 g/mol. The minimum absolute atomic E-state index is 0.0322. The lowest BCUT2D eigenvalue weighted by molar-refractivity contribution is -0.140. The number of hydrogen-bond acceptors (Lipinski definition) is 3. The average molecular weight is 447 g/mol. The molecule has 0 aromatic heterocycles. The zero-order valence-corrected chi connectivity index (χ0v) is 18.0. The lowest BCUT2D eigenvalue weighted by atomic mass is 9.63. The minimum atomic E-state index is -0.119. The number of halogens is 2. The SMILES string of the molecule is O=C(CCCCCN1C(=O)[C@@H]2[C@H]3C=C[C@@H]([C@@H]4C[C@@H]34)[C@@H]2C1=O)Nc1ccc(Cl)cc1Cl. The Balaban J connectivity index is 1.08. The van der Waals surface area contributed by atoms with Crippen LogP contribution in [0.3, 0.4) is 0 Å². The van der Waals surface area contributed by atoms with Gasteiger partial charge in [0.2, 0.25) is 17.7 Å². The first-order chi connectivity index (χ1) is 14.5. The number of amides is 3. The highest BCUT2D eigenvalue weighted by molar-refractivity contribution is 6.36. The van der Waals surface area contributed by atoms with Gasteiger partial charge in [0.25, 0.3) is 0 Å². The summed E-state index contributed by atoms with van der Waals surface area (Å²) >= 11 is 11.9. The summed E-state index contributed by atoms with van der Waals surface area (Å²) in [6.45, 7) is 0.462. The van der Waals surface area contributed by atoms with Gasteiger partial charge in [-0.3, -0.25) is 19.3 Å². The fourth-order valence-corrected chi connectivity index (χ4v) is 6.23. The van der Waals surface area contributed by atoms with E-state index in [4.69, 9.17) is 23.2 Å². The van der Waals surface area contributed by atoms with Crippen LogP contribution < -0.4 is 5.32 Å². The van der Waals surface area contributed by atoms with Crippen molar-refractivity contribution < 1.29 is 14.4 Å². The summed E-state index contributed by atoms with van der Waals surface area (Å²) in [5, 5.41) is 3.71. The van der Waals surface area contributed by atoms with Crippen LogP contribution in [0, 0.1) is 35.5 Å². The molecule has 2 saturated carbocycles. The van der Waals surface area contributed by atoms with Gasteiger partial charge in [-0.1, -0.05) is 41.8 Å². The molecule has 30 heavy (non-hydrogen) atoms. The predicted octanol–water partition coefficient (Wildman–Crippen LogP) is 4.55. The van der Waals surface area contributed by atoms with Crippen molar-refractivity contribution in [2.75, 3.05) is 11.9 Å². The predicted molar refractivity (Wildman–Crippen MR) is 115 cm³/mol. The van der Waals surface area contributed by atoms with Gasteiger partial charge in [0.15, 0.2) is 0 Å². The normalized spacial score (nSPS) is 32.9. The van der Waals surface area contributed by atoms with Gasteiger partial charge in [0, 0.05) is 18.0 Å². The Bertz CT molecular complexity index is 910. The topological polar surface area (TPSA) is 66.5 Å². The molecule has 6 rings (SSSR count). The fourth-order valence-electron chi connectivity index (χ4n) is 5.77. The van der Waals surface area contributed by atoms with Crippen molar-refractivity contribution >= 4 is 46.6 Å². The Labute approximate surface area is 185 Å². The molecule has 0 unspecified atom stereocenters. The second-order valence-corrected chi connectivity index (χ2v) is 9.81. The molecule has 6 atom stereocenters. The molecule has 1 heterocycles. The van der Waals surface area contributed by atoms with E-state index in [0.717, 1.165) is 12.8 Å². The molecule has 7 heteroatoms. The Morgan fingerprint density at radius 3 is 2.30 bits per heavy atom. The highest BCUT2D eigenvalue weighted by Crippen LogP contribution is 2.65. The highest BCUT2D eigenvalue weighted by Gasteiger charge is 2.66. The quantitative estimate of drug-likeness (QED) is 0.379. The van der Waals surface area contributed by atoms with Gasteiger partial charge in [-0.25, -0.2) is 0 Å². The highest BCUT2D eigenvalue weighted by atomic mass is 35.5. The molecule has 1 aliphatic heterocycles. The number of nitrogens with zero attached hydrogens (tertiary/aromatic N) is 1. The molecule has 1 aromatic rings. The Kier molecular flexibility index (Phi) is 5.14. The lowest BCUT2D eigenvalue weighted by Gasteiger charge is -2.37. The van der Waals surface area contributed by atoms with Crippen molar-refractivity contribution in [1.82, 2.24) is 4.90 Å². The molecule has 5 nitrogen and oxygen atoms in total. The maximum absolute atomic E-state index is 12.9. The van der Waals surface area contributed by atoms with Crippen molar-refractivity contribution in [3.63, 3.8) is 0 Å². The summed E-state index contributed by atoms with van der Waals surface area (Å²) in [5.41, 5.74) is 0.545. The van der Waals surface area contributed by atoms with E-state index in [0.29, 0.717) is 47.0 Å². The van der Waals surface area contributed by atoms with E-state index in [1.807, 2.05) is 0 Å². The van der Waals surface area contributed by atoms with Gasteiger partial charge in [-0.2, -0.15) is 0 Å². The van der Waals surface area contributed by atoms with Gasteiger partial charge in [-0.15, -0.1) is 0 Å². The van der Waals surface area contributed by atoms with Crippen LogP contribution in [0.5, 0.6) is 0 Å². The van der Waals surface area contributed by atoms with Crippen LogP contribution in [0.4, 0.5) is 5.69 Å². The van der Waals surface area contributed by atoms with Gasteiger partial charge in [0.05, 0.1) is 22.5 Å². The number of carbonyl (C=O) groups is 3. The van der Waals surface area contributed by atoms with Crippen LogP contribution in [-0.4, -0.2) is 29.2 Å². The van der Waals surface area contributed by atoms with Crippen molar-refractivity contribution in [1.29, 1.82) is 0 Å². The number of carbonyl (C=O) groups excluding carboxylic acids is 3. The third-order valence-corrected chi connectivity index (χ3v) is 7.79. The Morgan fingerprint density at radius 2 is 1.67 bits per heavy atom. The number of benzene rings is 1. The molecule has 2 bridgehead atoms. The van der Waals surface area contributed by atoms with Gasteiger partial charge < -0.3 is 5.32 Å². The number of likely N-dealkylation sites (tertiary alicyclic amines) is 1. The molecule has 3 fully saturated rings. The summed E-state index contributed by atoms with van der Waals surface area (Å²) in [6.07, 6.45) is 8.13. The van der Waals surface area contributed by atoms with Crippen LogP contribution in [0.2, 0.25) is 10.0 Å². The van der Waals surface area contributed by atoms with Crippen LogP contribution in [0.25, 0.3) is 0 Å². The van der Waals surface area contributed by atoms with Gasteiger partial charge >= 0.3 is 0 Å². The van der Waals surface area contributed by atoms with E-state index < -0.39 is 0 Å². The van der Waals surface area contributed by atoms with E-state index >= 15 is 0 Å². The average Bonchev–Trinajstić information content (AvgIpc) is 3.50. The molecule has 4 aliphatic carbocycles. The van der Waals surface area contributed by atoms with E-state index in [1.54, 1.807) is 18.2 Å². The number of anilines is 1. The van der Waals surface area contributed by atoms with Gasteiger partial charge in [-0.05, 0) is 61.1 Å². The van der Waals surface area contributed by atoms with Crippen molar-refractivity contribution in [3.05, 3.63) is 40.4 Å². The lowest BCUT2D eigenvalue weighted by Crippen LogP contribution is -2.40. The monoisotopic (exact) mass is 446 g/mol. The number of nitrogens with one attached hydrogen (secondary N) is 1. The van der Waals surface area contributed by atoms with Gasteiger partial charge in [0.1, 0.15) is 0 Å². The van der Waals surface area contributed by atoms with Crippen molar-refractivity contribution in [3.8, 4) is 0 Å². The molecule has 1 saturated heterocycles. The van der Waals surface area contributed by atoms with Crippen LogP contribution in [-0.2, 0) is 14.4 Å². The summed E-state index contributed by atoms with van der Waals surface area (Å²) in [4.78, 5) is 39.5. The molecular formula is C23H24Cl2N2O3. The second-order valence-electron chi connectivity index (χ2n) is 8.97. The van der Waals surface area contributed by atoms with E-state index in [1.165, 1.54) is 11.3 Å². The summed E-state index contributed by atoms with van der Waals surface area (Å²) in [6, 6.07) is 4.94. The number of allylic oxidation sites excluding steroid dienone is 2. The molecule has 0 spiro atoms. The molecule has 1 N–H and O–H groups in total. The standard InChI is InChI=1S/C23H24Cl2N2O3/c24-12-5-8-18(17(25)10-12)26-19(28)4-2-1-3-9-27-22(29)20-13-6-7-14(16-11-15(13)16)21(20)23(27)30/h5-8,10,13-16,20-21H,1-4,9,11H2,(H,26,28)/t13-,14-,15-,16-,20-,21+/m0/s1. The Morgan fingerprint density at radius 1 is 1.00 bits per heavy atom. The molecule has 158 valence electrons. The van der Waals surface area contributed by atoms with Crippen molar-refractivity contribution in [2.45, 2.75) is 32.1 Å². The van der Waals surface area contributed by atoms with Crippen LogP contribution in [0.15, 0.2) is 30.4 Å². The van der Waals surface area contributed by atoms with Crippen LogP contribution in [0.1, 0.15) is 32.1 Å². The fraction of sp³-hybridized carbons (Fsp3) is 0.522. The molecule has 3 amide bonds. The summed E-state index contributed by atoms with van der Waals surface area (Å²) < 4.78 is 0. The minimum Gasteiger partial charge on any atom is -0.325 e. The first kappa shape index (κ1) is 20.1. The smallest absolute Gasteiger partial charge is 0.233 e. The van der Waals surface area contributed by atoms with E-state index in [2.05, 4.69) is 17.5 Å². The maximum Gasteiger partial charge on any atom is 0.233 e. The van der Waals surface area contributed by atoms with E-state index in [-0.39, 0.29) is 41.4 Å². The molecule has 0 radical (unpaired) electrons. The maximum atomic E-state index is 12.9. The Hall–Kier alpha value is -1.85. The zero-order valence-electron chi connectivity index (χ0n) is 16.5. The third-order valence-electron chi connectivity index (χ3n) is 7.24.